The van der Waals surface area contributed by atoms with Gasteiger partial charge in [0.1, 0.15) is 11.5 Å². The molecule has 0 saturated heterocycles. The molecule has 10 nitrogen and oxygen atoms in total. The standard InChI is InChI=1S/C22H18O10/c23-15-7-13(8-16(24)21(15)29)31-19(27)5-11-2-1-3-12(4-11)6-20(28)32-14-9-17(25)22(30)18(26)10-14/h1-4,7-10,23-26,29-30H,5-6H2. The number of hydrogen-bond acceptors (Lipinski definition) is 10. The Bertz CT molecular complexity index is 1050. The van der Waals surface area contributed by atoms with E-state index in [-0.39, 0.29) is 24.3 Å². The molecule has 166 valence electrons. The Balaban J connectivity index is 1.62. The van der Waals surface area contributed by atoms with E-state index in [9.17, 15) is 40.2 Å². The summed E-state index contributed by atoms with van der Waals surface area (Å²) in [6.45, 7) is 0. The number of phenols is 6. The van der Waals surface area contributed by atoms with Gasteiger partial charge in [-0.05, 0) is 11.1 Å². The van der Waals surface area contributed by atoms with Gasteiger partial charge in [0.15, 0.2) is 23.0 Å². The quantitative estimate of drug-likeness (QED) is 0.189. The number of esters is 2. The van der Waals surface area contributed by atoms with Crippen LogP contribution in [0, 0.1) is 0 Å². The van der Waals surface area contributed by atoms with Crippen LogP contribution < -0.4 is 9.47 Å². The molecular weight excluding hydrogens is 424 g/mol. The minimum Gasteiger partial charge on any atom is -0.504 e. The highest BCUT2D eigenvalue weighted by molar-refractivity contribution is 5.77. The molecule has 0 aliphatic carbocycles. The van der Waals surface area contributed by atoms with Crippen molar-refractivity contribution >= 4 is 11.9 Å². The van der Waals surface area contributed by atoms with Crippen molar-refractivity contribution in [3.8, 4) is 46.0 Å². The summed E-state index contributed by atoms with van der Waals surface area (Å²) in [5, 5.41) is 56.5. The van der Waals surface area contributed by atoms with Gasteiger partial charge in [-0.1, -0.05) is 24.3 Å². The van der Waals surface area contributed by atoms with Crippen molar-refractivity contribution in [2.24, 2.45) is 0 Å². The molecule has 0 aliphatic rings. The maximum atomic E-state index is 12.1. The Labute approximate surface area is 180 Å². The van der Waals surface area contributed by atoms with Gasteiger partial charge in [0.2, 0.25) is 11.5 Å². The van der Waals surface area contributed by atoms with Gasteiger partial charge in [-0.15, -0.1) is 0 Å². The SMILES string of the molecule is O=C(Cc1cccc(CC(=O)Oc2cc(O)c(O)c(O)c2)c1)Oc1cc(O)c(O)c(O)c1. The summed E-state index contributed by atoms with van der Waals surface area (Å²) in [7, 11) is 0. The fourth-order valence-corrected chi connectivity index (χ4v) is 2.79. The van der Waals surface area contributed by atoms with Gasteiger partial charge in [-0.25, -0.2) is 0 Å². The van der Waals surface area contributed by atoms with Crippen molar-refractivity contribution in [1.82, 2.24) is 0 Å². The average molecular weight is 442 g/mol. The minimum absolute atomic E-state index is 0.164. The molecule has 6 N–H and O–H groups in total. The smallest absolute Gasteiger partial charge is 0.315 e. The van der Waals surface area contributed by atoms with Crippen LogP contribution in [0.4, 0.5) is 0 Å². The van der Waals surface area contributed by atoms with Crippen LogP contribution in [-0.4, -0.2) is 42.6 Å². The second-order valence-electron chi connectivity index (χ2n) is 6.74. The first-order valence-corrected chi connectivity index (χ1v) is 9.11. The highest BCUT2D eigenvalue weighted by atomic mass is 16.5. The van der Waals surface area contributed by atoms with E-state index in [2.05, 4.69) is 0 Å². The molecule has 0 heterocycles. The number of rotatable bonds is 6. The predicted octanol–water partition coefficient (Wildman–Crippen LogP) is 2.22. The summed E-state index contributed by atoms with van der Waals surface area (Å²) in [5.41, 5.74) is 1.01. The van der Waals surface area contributed by atoms with Gasteiger partial charge in [-0.3, -0.25) is 9.59 Å². The summed E-state index contributed by atoms with van der Waals surface area (Å²) in [4.78, 5) is 24.3. The van der Waals surface area contributed by atoms with E-state index in [0.717, 1.165) is 24.3 Å². The lowest BCUT2D eigenvalue weighted by molar-refractivity contribution is -0.134. The van der Waals surface area contributed by atoms with Gasteiger partial charge in [-0.2, -0.15) is 0 Å². The maximum absolute atomic E-state index is 12.1. The molecule has 32 heavy (non-hydrogen) atoms. The Morgan fingerprint density at radius 3 is 1.28 bits per heavy atom. The molecule has 0 spiro atoms. The van der Waals surface area contributed by atoms with E-state index in [1.54, 1.807) is 24.3 Å². The zero-order valence-corrected chi connectivity index (χ0v) is 16.3. The molecular formula is C22H18O10. The lowest BCUT2D eigenvalue weighted by Crippen LogP contribution is -2.13. The molecule has 10 heteroatoms. The van der Waals surface area contributed by atoms with Gasteiger partial charge in [0.05, 0.1) is 12.8 Å². The lowest BCUT2D eigenvalue weighted by Gasteiger charge is -2.09. The number of aromatic hydroxyl groups is 6. The molecule has 3 aromatic carbocycles. The number of carbonyl (C=O) groups is 2. The third-order valence-electron chi connectivity index (χ3n) is 4.24. The van der Waals surface area contributed by atoms with Gasteiger partial charge in [0, 0.05) is 24.3 Å². The molecule has 3 aromatic rings. The third kappa shape index (κ3) is 5.30. The number of hydrogen-bond donors (Lipinski definition) is 6. The van der Waals surface area contributed by atoms with Gasteiger partial charge < -0.3 is 40.1 Å². The first kappa shape index (κ1) is 22.1. The van der Waals surface area contributed by atoms with Crippen LogP contribution in [0.5, 0.6) is 46.0 Å². The average Bonchev–Trinajstić information content (AvgIpc) is 2.70. The molecule has 0 amide bonds. The highest BCUT2D eigenvalue weighted by Gasteiger charge is 2.15. The summed E-state index contributed by atoms with van der Waals surface area (Å²) < 4.78 is 10.1. The van der Waals surface area contributed by atoms with Crippen molar-refractivity contribution < 1.29 is 49.7 Å². The zero-order valence-electron chi connectivity index (χ0n) is 16.3. The van der Waals surface area contributed by atoms with Crippen molar-refractivity contribution in [2.45, 2.75) is 12.8 Å². The zero-order chi connectivity index (χ0) is 23.4. The first-order chi connectivity index (χ1) is 15.1. The predicted molar refractivity (Wildman–Crippen MR) is 108 cm³/mol. The highest BCUT2D eigenvalue weighted by Crippen LogP contribution is 2.39. The molecule has 0 aliphatic heterocycles. The van der Waals surface area contributed by atoms with Crippen molar-refractivity contribution in [3.63, 3.8) is 0 Å². The number of phenolic OH excluding ortho intramolecular Hbond substituents is 6. The number of benzene rings is 3. The van der Waals surface area contributed by atoms with E-state index < -0.39 is 46.4 Å². The minimum atomic E-state index is -0.734. The normalized spacial score (nSPS) is 10.5. The fourth-order valence-electron chi connectivity index (χ4n) is 2.79. The molecule has 0 saturated carbocycles. The van der Waals surface area contributed by atoms with Crippen molar-refractivity contribution in [3.05, 3.63) is 59.7 Å². The molecule has 0 fully saturated rings. The van der Waals surface area contributed by atoms with E-state index in [0.29, 0.717) is 11.1 Å². The Morgan fingerprint density at radius 2 is 0.938 bits per heavy atom. The first-order valence-electron chi connectivity index (χ1n) is 9.11. The van der Waals surface area contributed by atoms with Crippen molar-refractivity contribution in [2.75, 3.05) is 0 Å². The monoisotopic (exact) mass is 442 g/mol. The molecule has 0 atom stereocenters. The Hall–Kier alpha value is -4.60. The van der Waals surface area contributed by atoms with Gasteiger partial charge in [0.25, 0.3) is 0 Å². The second kappa shape index (κ2) is 9.04. The van der Waals surface area contributed by atoms with Crippen LogP contribution >= 0.6 is 0 Å². The van der Waals surface area contributed by atoms with Crippen molar-refractivity contribution in [1.29, 1.82) is 0 Å². The molecule has 0 aromatic heterocycles. The van der Waals surface area contributed by atoms with Gasteiger partial charge >= 0.3 is 11.9 Å². The molecule has 0 bridgehead atoms. The summed E-state index contributed by atoms with van der Waals surface area (Å²) >= 11 is 0. The number of carbonyl (C=O) groups excluding carboxylic acids is 2. The largest absolute Gasteiger partial charge is 0.504 e. The Morgan fingerprint density at radius 1 is 0.594 bits per heavy atom. The van der Waals surface area contributed by atoms with Crippen LogP contribution in [0.3, 0.4) is 0 Å². The van der Waals surface area contributed by atoms with E-state index in [4.69, 9.17) is 9.47 Å². The van der Waals surface area contributed by atoms with E-state index in [1.165, 1.54) is 0 Å². The summed E-state index contributed by atoms with van der Waals surface area (Å²) in [6.07, 6.45) is -0.379. The fraction of sp³-hybridized carbons (Fsp3) is 0.0909. The summed E-state index contributed by atoms with van der Waals surface area (Å²) in [5.74, 6) is -5.83. The molecule has 0 radical (unpaired) electrons. The molecule has 0 unspecified atom stereocenters. The molecule has 3 rings (SSSR count). The summed E-state index contributed by atoms with van der Waals surface area (Å²) in [6, 6.07) is 10.3. The lowest BCUT2D eigenvalue weighted by atomic mass is 10.1. The van der Waals surface area contributed by atoms with Crippen LogP contribution in [0.1, 0.15) is 11.1 Å². The third-order valence-corrected chi connectivity index (χ3v) is 4.24. The van der Waals surface area contributed by atoms with Crippen LogP contribution in [0.15, 0.2) is 48.5 Å². The van der Waals surface area contributed by atoms with Crippen LogP contribution in [0.25, 0.3) is 0 Å². The van der Waals surface area contributed by atoms with Crippen LogP contribution in [0.2, 0.25) is 0 Å². The van der Waals surface area contributed by atoms with E-state index >= 15 is 0 Å². The van der Waals surface area contributed by atoms with E-state index in [1.807, 2.05) is 0 Å². The number of ether oxygens (including phenoxy) is 2. The maximum Gasteiger partial charge on any atom is 0.315 e. The topological polar surface area (TPSA) is 174 Å². The van der Waals surface area contributed by atoms with Crippen LogP contribution in [-0.2, 0) is 22.4 Å². The Kier molecular flexibility index (Phi) is 6.24. The second-order valence-corrected chi connectivity index (χ2v) is 6.74.